The van der Waals surface area contributed by atoms with Crippen LogP contribution in [0.2, 0.25) is 0 Å². The minimum absolute atomic E-state index is 0.0531. The van der Waals surface area contributed by atoms with Crippen LogP contribution in [0.4, 0.5) is 0 Å². The molecule has 0 unspecified atom stereocenters. The second-order valence-electron chi connectivity index (χ2n) is 4.90. The number of primary amides is 1. The van der Waals surface area contributed by atoms with E-state index in [1.54, 1.807) is 0 Å². The Balaban J connectivity index is 2.18. The average molecular weight is 294 g/mol. The number of carbonyl (C=O) groups is 1. The fourth-order valence-corrected chi connectivity index (χ4v) is 3.08. The number of benzene rings is 1. The number of hydrogen-bond acceptors (Lipinski definition) is 4. The lowest BCUT2D eigenvalue weighted by Crippen LogP contribution is -2.49. The molecule has 1 heterocycles. The van der Waals surface area contributed by atoms with Crippen molar-refractivity contribution >= 4 is 15.7 Å². The van der Waals surface area contributed by atoms with Crippen LogP contribution in [0.15, 0.2) is 36.3 Å². The fraction of sp³-hybridized carbons (Fsp3) is 0.357. The van der Waals surface area contributed by atoms with Gasteiger partial charge in [-0.05, 0) is 17.5 Å². The predicted octanol–water partition coefficient (Wildman–Crippen LogP) is 0.457. The quantitative estimate of drug-likeness (QED) is 0.855. The Morgan fingerprint density at radius 2 is 2.05 bits per heavy atom. The van der Waals surface area contributed by atoms with E-state index >= 15 is 0 Å². The highest BCUT2D eigenvalue weighted by molar-refractivity contribution is 7.94. The Hall–Kier alpha value is -1.66. The molecular formula is C14H18N2O3S. The van der Waals surface area contributed by atoms with E-state index in [0.717, 1.165) is 16.5 Å². The van der Waals surface area contributed by atoms with E-state index < -0.39 is 21.8 Å². The summed E-state index contributed by atoms with van der Waals surface area (Å²) in [6.07, 6.45) is 0.527. The normalized spacial score (nSPS) is 19.3. The van der Waals surface area contributed by atoms with Crippen molar-refractivity contribution in [3.63, 3.8) is 0 Å². The van der Waals surface area contributed by atoms with Crippen molar-refractivity contribution in [2.45, 2.75) is 19.0 Å². The summed E-state index contributed by atoms with van der Waals surface area (Å²) >= 11 is 0. The first kappa shape index (κ1) is 14.7. The van der Waals surface area contributed by atoms with Crippen molar-refractivity contribution in [2.75, 3.05) is 12.3 Å². The van der Waals surface area contributed by atoms with Gasteiger partial charge in [-0.25, -0.2) is 8.42 Å². The Morgan fingerprint density at radius 3 is 2.65 bits per heavy atom. The maximum atomic E-state index is 11.6. The SMILES string of the molecule is C=CS(=O)(=O)CCN1Cc2ccccc2C[C@H]1C(N)=O. The lowest BCUT2D eigenvalue weighted by atomic mass is 9.94. The number of rotatable bonds is 5. The van der Waals surface area contributed by atoms with Gasteiger partial charge in [-0.2, -0.15) is 0 Å². The van der Waals surface area contributed by atoms with E-state index in [-0.39, 0.29) is 12.3 Å². The molecule has 0 spiro atoms. The second-order valence-corrected chi connectivity index (χ2v) is 6.96. The van der Waals surface area contributed by atoms with Crippen LogP contribution >= 0.6 is 0 Å². The van der Waals surface area contributed by atoms with Crippen molar-refractivity contribution in [3.8, 4) is 0 Å². The van der Waals surface area contributed by atoms with E-state index in [9.17, 15) is 13.2 Å². The maximum Gasteiger partial charge on any atom is 0.235 e. The minimum atomic E-state index is -3.28. The van der Waals surface area contributed by atoms with Crippen molar-refractivity contribution in [3.05, 3.63) is 47.4 Å². The molecule has 1 aliphatic rings. The summed E-state index contributed by atoms with van der Waals surface area (Å²) in [7, 11) is -3.28. The number of nitrogens with zero attached hydrogens (tertiary/aromatic N) is 1. The van der Waals surface area contributed by atoms with E-state index in [1.807, 2.05) is 29.2 Å². The largest absolute Gasteiger partial charge is 0.368 e. The molecule has 6 heteroatoms. The summed E-state index contributed by atoms with van der Waals surface area (Å²) in [6, 6.07) is 7.37. The number of fused-ring (bicyclic) bond motifs is 1. The van der Waals surface area contributed by atoms with Crippen LogP contribution in [0.1, 0.15) is 11.1 Å². The van der Waals surface area contributed by atoms with Gasteiger partial charge in [0, 0.05) is 18.5 Å². The molecule has 0 radical (unpaired) electrons. The van der Waals surface area contributed by atoms with Gasteiger partial charge >= 0.3 is 0 Å². The molecule has 0 fully saturated rings. The molecule has 0 saturated carbocycles. The summed E-state index contributed by atoms with van der Waals surface area (Å²) in [5, 5.41) is 0.949. The molecule has 2 N–H and O–H groups in total. The molecule has 0 saturated heterocycles. The molecule has 5 nitrogen and oxygen atoms in total. The van der Waals surface area contributed by atoms with Gasteiger partial charge in [0.25, 0.3) is 0 Å². The standard InChI is InChI=1S/C14H18N2O3S/c1-2-20(18,19)8-7-16-10-12-6-4-3-5-11(12)9-13(16)14(15)17/h2-6,13H,1,7-10H2,(H2,15,17)/t13-/m0/s1. The van der Waals surface area contributed by atoms with Crippen molar-refractivity contribution in [1.82, 2.24) is 4.90 Å². The van der Waals surface area contributed by atoms with Crippen LogP contribution in [0, 0.1) is 0 Å². The van der Waals surface area contributed by atoms with Gasteiger partial charge in [0.1, 0.15) is 0 Å². The van der Waals surface area contributed by atoms with E-state index in [0.29, 0.717) is 13.0 Å². The number of hydrogen-bond donors (Lipinski definition) is 1. The summed E-state index contributed by atoms with van der Waals surface area (Å²) < 4.78 is 23.0. The third-order valence-electron chi connectivity index (χ3n) is 3.59. The number of nitrogens with two attached hydrogens (primary N) is 1. The molecule has 2 rings (SSSR count). The Labute approximate surface area is 119 Å². The van der Waals surface area contributed by atoms with Gasteiger partial charge in [0.05, 0.1) is 11.8 Å². The molecule has 1 amide bonds. The molecule has 1 aromatic carbocycles. The first-order chi connectivity index (χ1) is 9.43. The zero-order valence-corrected chi connectivity index (χ0v) is 12.0. The predicted molar refractivity (Wildman–Crippen MR) is 77.5 cm³/mol. The molecule has 0 aromatic heterocycles. The van der Waals surface area contributed by atoms with Crippen LogP contribution < -0.4 is 5.73 Å². The minimum Gasteiger partial charge on any atom is -0.368 e. The summed E-state index contributed by atoms with van der Waals surface area (Å²) in [6.45, 7) is 4.10. The zero-order valence-electron chi connectivity index (χ0n) is 11.2. The van der Waals surface area contributed by atoms with Crippen LogP contribution in [0.5, 0.6) is 0 Å². The van der Waals surface area contributed by atoms with Crippen molar-refractivity contribution in [2.24, 2.45) is 5.73 Å². The topological polar surface area (TPSA) is 80.5 Å². The summed E-state index contributed by atoms with van der Waals surface area (Å²) in [5.74, 6) is -0.474. The van der Waals surface area contributed by atoms with Gasteiger partial charge < -0.3 is 5.73 Å². The van der Waals surface area contributed by atoms with Crippen LogP contribution in [-0.4, -0.2) is 37.6 Å². The maximum absolute atomic E-state index is 11.6. The van der Waals surface area contributed by atoms with Gasteiger partial charge in [-0.15, -0.1) is 0 Å². The number of sulfone groups is 1. The van der Waals surface area contributed by atoms with E-state index in [4.69, 9.17) is 5.73 Å². The Bertz CT molecular complexity index is 625. The van der Waals surface area contributed by atoms with Gasteiger partial charge in [0.15, 0.2) is 9.84 Å². The van der Waals surface area contributed by atoms with Gasteiger partial charge in [0.2, 0.25) is 5.91 Å². The Morgan fingerprint density at radius 1 is 1.40 bits per heavy atom. The van der Waals surface area contributed by atoms with Gasteiger partial charge in [-0.3, -0.25) is 9.69 Å². The monoisotopic (exact) mass is 294 g/mol. The third-order valence-corrected chi connectivity index (χ3v) is 4.85. The second kappa shape index (κ2) is 5.76. The first-order valence-electron chi connectivity index (χ1n) is 6.38. The lowest BCUT2D eigenvalue weighted by Gasteiger charge is -2.34. The molecule has 0 aliphatic carbocycles. The number of amides is 1. The fourth-order valence-electron chi connectivity index (χ4n) is 2.42. The highest BCUT2D eigenvalue weighted by atomic mass is 32.2. The lowest BCUT2D eigenvalue weighted by molar-refractivity contribution is -0.123. The van der Waals surface area contributed by atoms with Crippen LogP contribution in [0.25, 0.3) is 0 Å². The molecule has 108 valence electrons. The molecular weight excluding hydrogens is 276 g/mol. The smallest absolute Gasteiger partial charge is 0.235 e. The molecule has 1 atom stereocenters. The highest BCUT2D eigenvalue weighted by Crippen LogP contribution is 2.23. The van der Waals surface area contributed by atoms with E-state index in [1.165, 1.54) is 0 Å². The highest BCUT2D eigenvalue weighted by Gasteiger charge is 2.30. The molecule has 1 aliphatic heterocycles. The molecule has 1 aromatic rings. The molecule has 20 heavy (non-hydrogen) atoms. The first-order valence-corrected chi connectivity index (χ1v) is 8.10. The summed E-state index contributed by atoms with van der Waals surface area (Å²) in [5.41, 5.74) is 7.64. The van der Waals surface area contributed by atoms with Crippen LogP contribution in [-0.2, 0) is 27.6 Å². The number of carbonyl (C=O) groups excluding carboxylic acids is 1. The van der Waals surface area contributed by atoms with Crippen LogP contribution in [0.3, 0.4) is 0 Å². The van der Waals surface area contributed by atoms with Gasteiger partial charge in [-0.1, -0.05) is 30.8 Å². The van der Waals surface area contributed by atoms with E-state index in [2.05, 4.69) is 6.58 Å². The summed E-state index contributed by atoms with van der Waals surface area (Å²) in [4.78, 5) is 13.4. The van der Waals surface area contributed by atoms with Crippen molar-refractivity contribution < 1.29 is 13.2 Å². The average Bonchev–Trinajstić information content (AvgIpc) is 2.44. The molecule has 0 bridgehead atoms. The Kier molecular flexibility index (Phi) is 4.25. The zero-order chi connectivity index (χ0) is 14.8. The van der Waals surface area contributed by atoms with Crippen molar-refractivity contribution in [1.29, 1.82) is 0 Å². The third kappa shape index (κ3) is 3.26.